The summed E-state index contributed by atoms with van der Waals surface area (Å²) in [5, 5.41) is 0. The Morgan fingerprint density at radius 1 is 1.00 bits per heavy atom. The van der Waals surface area contributed by atoms with Crippen molar-refractivity contribution in [3.05, 3.63) is 48.3 Å². The van der Waals surface area contributed by atoms with Gasteiger partial charge >= 0.3 is 0 Å². The Bertz CT molecular complexity index is 411. The highest BCUT2D eigenvalue weighted by Crippen LogP contribution is 2.45. The Hall–Kier alpha value is -1.70. The van der Waals surface area contributed by atoms with Gasteiger partial charge in [0.25, 0.3) is 0 Å². The van der Waals surface area contributed by atoms with E-state index in [4.69, 9.17) is 4.74 Å². The van der Waals surface area contributed by atoms with Crippen molar-refractivity contribution in [2.45, 2.75) is 6.54 Å². The third-order valence-electron chi connectivity index (χ3n) is 2.20. The molecule has 64 valence electrons. The Morgan fingerprint density at radius 2 is 1.69 bits per heavy atom. The second kappa shape index (κ2) is 2.39. The molecule has 0 N–H and O–H groups in total. The maximum absolute atomic E-state index is 5.10. The lowest BCUT2D eigenvalue weighted by Gasteiger charge is -2.02. The van der Waals surface area contributed by atoms with Crippen molar-refractivity contribution >= 4 is 0 Å². The van der Waals surface area contributed by atoms with E-state index < -0.39 is 0 Å². The molecule has 1 aliphatic heterocycles. The molecule has 1 aromatic carbocycles. The first-order valence-corrected chi connectivity index (χ1v) is 4.33. The molecule has 0 saturated carbocycles. The molecular weight excluding hydrogens is 162 g/mol. The van der Waals surface area contributed by atoms with Crippen LogP contribution in [0.2, 0.25) is 0 Å². The third kappa shape index (κ3) is 1.20. The van der Waals surface area contributed by atoms with Crippen LogP contribution in [0.1, 0.15) is 5.56 Å². The van der Waals surface area contributed by atoms with Crippen LogP contribution in [0.25, 0.3) is 0 Å². The molecule has 0 saturated heterocycles. The zero-order chi connectivity index (χ0) is 8.67. The van der Waals surface area contributed by atoms with Crippen molar-refractivity contribution in [1.29, 1.82) is 0 Å². The lowest BCUT2D eigenvalue weighted by molar-refractivity contribution is 0.615. The second-order valence-electron chi connectivity index (χ2n) is 3.25. The van der Waals surface area contributed by atoms with Crippen molar-refractivity contribution < 1.29 is 4.74 Å². The topological polar surface area (TPSA) is 17.5 Å². The summed E-state index contributed by atoms with van der Waals surface area (Å²) in [4.78, 5) is 0. The van der Waals surface area contributed by atoms with Gasteiger partial charge in [-0.15, -0.1) is 0 Å². The molecule has 1 aromatic heterocycles. The summed E-state index contributed by atoms with van der Waals surface area (Å²) in [7, 11) is 0. The molecule has 3 rings (SSSR count). The van der Waals surface area contributed by atoms with Crippen LogP contribution in [0.4, 0.5) is 0 Å². The molecule has 2 heterocycles. The van der Waals surface area contributed by atoms with Crippen LogP contribution in [-0.4, -0.2) is 4.57 Å². The van der Waals surface area contributed by atoms with Crippen molar-refractivity contribution in [1.82, 2.24) is 4.57 Å². The predicted molar refractivity (Wildman–Crippen MR) is 50.1 cm³/mol. The van der Waals surface area contributed by atoms with Crippen LogP contribution in [0, 0.1) is 0 Å². The first-order chi connectivity index (χ1) is 6.42. The molecule has 2 heteroatoms. The summed E-state index contributed by atoms with van der Waals surface area (Å²) >= 11 is 0. The van der Waals surface area contributed by atoms with Crippen molar-refractivity contribution in [3.63, 3.8) is 0 Å². The van der Waals surface area contributed by atoms with E-state index in [0.29, 0.717) is 0 Å². The first kappa shape index (κ1) is 6.78. The molecule has 0 bridgehead atoms. The number of aromatic nitrogens is 1. The molecular formula is C11H9NO. The molecule has 0 spiro atoms. The molecule has 0 radical (unpaired) electrons. The Morgan fingerprint density at radius 3 is 2.38 bits per heavy atom. The van der Waals surface area contributed by atoms with Crippen LogP contribution in [0.3, 0.4) is 0 Å². The summed E-state index contributed by atoms with van der Waals surface area (Å²) in [6.45, 7) is 0.928. The van der Waals surface area contributed by atoms with E-state index in [9.17, 15) is 0 Å². The van der Waals surface area contributed by atoms with Crippen LogP contribution in [-0.2, 0) is 6.54 Å². The van der Waals surface area contributed by atoms with E-state index in [0.717, 1.165) is 18.0 Å². The molecule has 0 fully saturated rings. The maximum atomic E-state index is 5.10. The molecule has 2 aromatic rings. The summed E-state index contributed by atoms with van der Waals surface area (Å²) in [6, 6.07) is 10.4. The number of hydrogen-bond acceptors (Lipinski definition) is 1. The Balaban J connectivity index is 1.84. The minimum absolute atomic E-state index is 0.928. The highest BCUT2D eigenvalue weighted by Gasteiger charge is 2.22. The standard InChI is InChI=1S/C11H9NO/c1-2-4-9(5-3-1)6-12-7-10-11(8-12)13-10/h1-5,7-8H,6H2. The van der Waals surface area contributed by atoms with Gasteiger partial charge in [-0.1, -0.05) is 30.3 Å². The summed E-state index contributed by atoms with van der Waals surface area (Å²) < 4.78 is 7.24. The fourth-order valence-electron chi connectivity index (χ4n) is 1.50. The highest BCUT2D eigenvalue weighted by atomic mass is 16.6. The third-order valence-corrected chi connectivity index (χ3v) is 2.20. The van der Waals surface area contributed by atoms with Crippen LogP contribution >= 0.6 is 0 Å². The van der Waals surface area contributed by atoms with E-state index in [1.807, 2.05) is 18.5 Å². The van der Waals surface area contributed by atoms with Gasteiger partial charge in [0.05, 0.1) is 12.4 Å². The summed E-state index contributed by atoms with van der Waals surface area (Å²) in [6.07, 6.45) is 4.06. The van der Waals surface area contributed by atoms with Gasteiger partial charge in [-0.25, -0.2) is 0 Å². The summed E-state index contributed by atoms with van der Waals surface area (Å²) in [5.74, 6) is 2.05. The number of fused-ring (bicyclic) bond motifs is 1. The van der Waals surface area contributed by atoms with Gasteiger partial charge in [-0.2, -0.15) is 0 Å². The lowest BCUT2D eigenvalue weighted by atomic mass is 10.2. The number of ether oxygens (including phenoxy) is 1. The minimum Gasteiger partial charge on any atom is -0.446 e. The largest absolute Gasteiger partial charge is 0.446 e. The second-order valence-corrected chi connectivity index (χ2v) is 3.25. The molecule has 2 nitrogen and oxygen atoms in total. The van der Waals surface area contributed by atoms with Gasteiger partial charge in [0.1, 0.15) is 0 Å². The van der Waals surface area contributed by atoms with E-state index in [2.05, 4.69) is 28.8 Å². The number of hydrogen-bond donors (Lipinski definition) is 0. The number of rotatable bonds is 2. The monoisotopic (exact) mass is 171 g/mol. The quantitative estimate of drug-likeness (QED) is 0.542. The summed E-state index contributed by atoms with van der Waals surface area (Å²) in [5.41, 5.74) is 1.32. The highest BCUT2D eigenvalue weighted by molar-refractivity contribution is 5.52. The first-order valence-electron chi connectivity index (χ1n) is 4.33. The number of benzene rings is 1. The van der Waals surface area contributed by atoms with Gasteiger partial charge in [-0.3, -0.25) is 0 Å². The van der Waals surface area contributed by atoms with E-state index >= 15 is 0 Å². The van der Waals surface area contributed by atoms with Gasteiger partial charge in [0.2, 0.25) is 0 Å². The maximum Gasteiger partial charge on any atom is 0.187 e. The van der Waals surface area contributed by atoms with Gasteiger partial charge in [0, 0.05) is 6.54 Å². The van der Waals surface area contributed by atoms with Crippen molar-refractivity contribution in [2.24, 2.45) is 0 Å². The molecule has 0 amide bonds. The van der Waals surface area contributed by atoms with E-state index in [1.54, 1.807) is 0 Å². The normalized spacial score (nSPS) is 12.0. The molecule has 1 aliphatic rings. The van der Waals surface area contributed by atoms with Crippen LogP contribution in [0.15, 0.2) is 42.7 Å². The average molecular weight is 171 g/mol. The fraction of sp³-hybridized carbons (Fsp3) is 0.0909. The van der Waals surface area contributed by atoms with Crippen molar-refractivity contribution in [2.75, 3.05) is 0 Å². The zero-order valence-electron chi connectivity index (χ0n) is 7.10. The van der Waals surface area contributed by atoms with Gasteiger partial charge in [-0.05, 0) is 5.56 Å². The van der Waals surface area contributed by atoms with Gasteiger partial charge in [0.15, 0.2) is 11.5 Å². The van der Waals surface area contributed by atoms with Crippen molar-refractivity contribution in [3.8, 4) is 11.5 Å². The van der Waals surface area contributed by atoms with E-state index in [1.165, 1.54) is 5.56 Å². The smallest absolute Gasteiger partial charge is 0.187 e. The SMILES string of the molecule is c1ccc(Cn2cc3c(c2)O3)cc1. The molecule has 0 unspecified atom stereocenters. The fourth-order valence-corrected chi connectivity index (χ4v) is 1.50. The lowest BCUT2D eigenvalue weighted by Crippen LogP contribution is -1.96. The Kier molecular flexibility index (Phi) is 1.25. The molecule has 0 aliphatic carbocycles. The average Bonchev–Trinajstić information content (AvgIpc) is 2.76. The van der Waals surface area contributed by atoms with Crippen LogP contribution in [0.5, 0.6) is 11.5 Å². The van der Waals surface area contributed by atoms with Crippen LogP contribution < -0.4 is 4.74 Å². The van der Waals surface area contributed by atoms with E-state index in [-0.39, 0.29) is 0 Å². The molecule has 0 atom stereocenters. The minimum atomic E-state index is 0.928. The van der Waals surface area contributed by atoms with Gasteiger partial charge < -0.3 is 9.30 Å². The predicted octanol–water partition coefficient (Wildman–Crippen LogP) is 2.64. The molecule has 13 heavy (non-hydrogen) atoms. The Labute approximate surface area is 76.4 Å². The zero-order valence-corrected chi connectivity index (χ0v) is 7.10. The number of nitrogens with zero attached hydrogens (tertiary/aromatic N) is 1.